The van der Waals surface area contributed by atoms with Crippen LogP contribution in [-0.4, -0.2) is 11.8 Å². The third kappa shape index (κ3) is 3.11. The Bertz CT molecular complexity index is 332. The van der Waals surface area contributed by atoms with Gasteiger partial charge in [-0.05, 0) is 40.8 Å². The quantitative estimate of drug-likeness (QED) is 0.660. The van der Waals surface area contributed by atoms with Gasteiger partial charge in [-0.1, -0.05) is 0 Å². The van der Waals surface area contributed by atoms with Crippen molar-refractivity contribution < 1.29 is 9.18 Å². The van der Waals surface area contributed by atoms with Crippen molar-refractivity contribution in [3.05, 3.63) is 27.6 Å². The Balaban J connectivity index is 2.83. The molecule has 0 unspecified atom stereocenters. The molecule has 1 amide bonds. The molecule has 1 N–H and O–H groups in total. The number of nitrogens with one attached hydrogen (secondary N) is 1. The molecule has 0 spiro atoms. The molecule has 0 aliphatic rings. The second-order valence-corrected chi connectivity index (χ2v) is 3.74. The van der Waals surface area contributed by atoms with Crippen LogP contribution in [0.15, 0.2) is 18.2 Å². The van der Waals surface area contributed by atoms with Crippen LogP contribution in [0.1, 0.15) is 0 Å². The molecule has 0 fully saturated rings. The minimum atomic E-state index is -0.326. The number of carbonyl (C=O) groups excluding carboxylic acids is 1. The van der Waals surface area contributed by atoms with Gasteiger partial charge < -0.3 is 5.32 Å². The standard InChI is InChI=1S/C8H6ClFINO/c9-4-8(13)12-7-2-1-5(10)3-6(7)11/h1-3H,4H2,(H,12,13). The second kappa shape index (κ2) is 4.76. The molecule has 0 saturated heterocycles. The second-order valence-electron chi connectivity index (χ2n) is 2.31. The lowest BCUT2D eigenvalue weighted by Crippen LogP contribution is -2.13. The summed E-state index contributed by atoms with van der Waals surface area (Å²) >= 11 is 7.23. The molecule has 0 radical (unpaired) electrons. The Morgan fingerprint density at radius 3 is 2.85 bits per heavy atom. The molecule has 0 atom stereocenters. The summed E-state index contributed by atoms with van der Waals surface area (Å²) in [5.74, 6) is -0.729. The highest BCUT2D eigenvalue weighted by Crippen LogP contribution is 2.18. The van der Waals surface area contributed by atoms with Crippen LogP contribution in [0.2, 0.25) is 0 Å². The van der Waals surface area contributed by atoms with E-state index in [9.17, 15) is 9.18 Å². The largest absolute Gasteiger partial charge is 0.324 e. The predicted octanol–water partition coefficient (Wildman–Crippen LogP) is 2.61. The third-order valence-electron chi connectivity index (χ3n) is 1.33. The maximum Gasteiger partial charge on any atom is 0.239 e. The normalized spacial score (nSPS) is 9.77. The zero-order chi connectivity index (χ0) is 9.84. The minimum Gasteiger partial charge on any atom is -0.324 e. The van der Waals surface area contributed by atoms with E-state index < -0.39 is 0 Å². The van der Waals surface area contributed by atoms with Gasteiger partial charge in [0.2, 0.25) is 5.91 Å². The van der Waals surface area contributed by atoms with Crippen LogP contribution in [-0.2, 0) is 4.79 Å². The van der Waals surface area contributed by atoms with E-state index in [1.807, 2.05) is 22.6 Å². The van der Waals surface area contributed by atoms with Crippen LogP contribution in [0.25, 0.3) is 0 Å². The van der Waals surface area contributed by atoms with Crippen molar-refractivity contribution in [1.82, 2.24) is 0 Å². The monoisotopic (exact) mass is 313 g/mol. The smallest absolute Gasteiger partial charge is 0.239 e. The molecular weight excluding hydrogens is 307 g/mol. The van der Waals surface area contributed by atoms with E-state index in [0.717, 1.165) is 0 Å². The fourth-order valence-electron chi connectivity index (χ4n) is 0.774. The number of hydrogen-bond donors (Lipinski definition) is 1. The summed E-state index contributed by atoms with van der Waals surface area (Å²) in [5, 5.41) is 2.54. The van der Waals surface area contributed by atoms with Crippen molar-refractivity contribution in [1.29, 1.82) is 0 Å². The molecule has 1 rings (SSSR count). The predicted molar refractivity (Wildman–Crippen MR) is 58.5 cm³/mol. The summed E-state index contributed by atoms with van der Waals surface area (Å²) < 4.78 is 13.3. The van der Waals surface area contributed by atoms with Crippen molar-refractivity contribution in [3.63, 3.8) is 0 Å². The molecular formula is C8H6ClFINO. The Kier molecular flexibility index (Phi) is 3.92. The summed E-state index contributed by atoms with van der Waals surface area (Å²) in [5.41, 5.74) is 0.577. The van der Waals surface area contributed by atoms with Gasteiger partial charge in [-0.15, -0.1) is 11.6 Å². The van der Waals surface area contributed by atoms with Crippen LogP contribution in [0, 0.1) is 9.39 Å². The molecule has 70 valence electrons. The van der Waals surface area contributed by atoms with Crippen molar-refractivity contribution in [2.24, 2.45) is 0 Å². The van der Waals surface area contributed by atoms with Gasteiger partial charge >= 0.3 is 0 Å². The molecule has 0 heterocycles. The molecule has 0 aromatic heterocycles. The SMILES string of the molecule is O=C(CCl)Nc1ccc(F)cc1I. The van der Waals surface area contributed by atoms with Gasteiger partial charge in [0.1, 0.15) is 11.7 Å². The van der Waals surface area contributed by atoms with Gasteiger partial charge in [0.05, 0.1) is 5.69 Å². The number of halogens is 3. The van der Waals surface area contributed by atoms with Crippen molar-refractivity contribution in [2.45, 2.75) is 0 Å². The van der Waals surface area contributed by atoms with Crippen molar-refractivity contribution in [3.8, 4) is 0 Å². The average molecular weight is 313 g/mol. The maximum atomic E-state index is 12.6. The summed E-state index contributed by atoms with van der Waals surface area (Å²) in [4.78, 5) is 10.9. The van der Waals surface area contributed by atoms with E-state index in [0.29, 0.717) is 9.26 Å². The molecule has 0 saturated carbocycles. The van der Waals surface area contributed by atoms with Gasteiger partial charge in [0.25, 0.3) is 0 Å². The van der Waals surface area contributed by atoms with Crippen LogP contribution in [0.4, 0.5) is 10.1 Å². The lowest BCUT2D eigenvalue weighted by molar-refractivity contribution is -0.113. The first-order valence-corrected chi connectivity index (χ1v) is 5.05. The molecule has 1 aromatic rings. The number of anilines is 1. The maximum absolute atomic E-state index is 12.6. The van der Waals surface area contributed by atoms with Crippen molar-refractivity contribution >= 4 is 45.8 Å². The summed E-state index contributed by atoms with van der Waals surface area (Å²) in [6.07, 6.45) is 0. The molecule has 5 heteroatoms. The first kappa shape index (κ1) is 10.7. The first-order chi connectivity index (χ1) is 6.13. The Morgan fingerprint density at radius 1 is 1.62 bits per heavy atom. The Labute approximate surface area is 93.6 Å². The fraction of sp³-hybridized carbons (Fsp3) is 0.125. The van der Waals surface area contributed by atoms with Crippen LogP contribution >= 0.6 is 34.2 Å². The third-order valence-corrected chi connectivity index (χ3v) is 2.46. The minimum absolute atomic E-state index is 0.104. The zero-order valence-corrected chi connectivity index (χ0v) is 9.39. The van der Waals surface area contributed by atoms with E-state index >= 15 is 0 Å². The number of carbonyl (C=O) groups is 1. The number of amides is 1. The van der Waals surface area contributed by atoms with Crippen molar-refractivity contribution in [2.75, 3.05) is 11.2 Å². The Morgan fingerprint density at radius 2 is 2.31 bits per heavy atom. The summed E-state index contributed by atoms with van der Waals surface area (Å²) in [6.45, 7) is 0. The van der Waals surface area contributed by atoms with Crippen LogP contribution in [0.3, 0.4) is 0 Å². The highest BCUT2D eigenvalue weighted by atomic mass is 127. The average Bonchev–Trinajstić information content (AvgIpc) is 2.09. The fourth-order valence-corrected chi connectivity index (χ4v) is 1.45. The van der Waals surface area contributed by atoms with E-state index in [1.54, 1.807) is 0 Å². The Hall–Kier alpha value is -0.360. The number of rotatable bonds is 2. The summed E-state index contributed by atoms with van der Waals surface area (Å²) in [7, 11) is 0. The lowest BCUT2D eigenvalue weighted by atomic mass is 10.3. The van der Waals surface area contributed by atoms with E-state index in [2.05, 4.69) is 5.32 Å². The number of hydrogen-bond acceptors (Lipinski definition) is 1. The highest BCUT2D eigenvalue weighted by molar-refractivity contribution is 14.1. The number of alkyl halides is 1. The molecule has 13 heavy (non-hydrogen) atoms. The molecule has 0 bridgehead atoms. The van der Waals surface area contributed by atoms with Gasteiger partial charge in [0.15, 0.2) is 0 Å². The zero-order valence-electron chi connectivity index (χ0n) is 6.48. The van der Waals surface area contributed by atoms with E-state index in [1.165, 1.54) is 18.2 Å². The topological polar surface area (TPSA) is 29.1 Å². The van der Waals surface area contributed by atoms with E-state index in [-0.39, 0.29) is 17.6 Å². The van der Waals surface area contributed by atoms with Gasteiger partial charge in [-0.2, -0.15) is 0 Å². The molecule has 1 aromatic carbocycles. The summed E-state index contributed by atoms with van der Waals surface area (Å²) in [6, 6.07) is 4.12. The van der Waals surface area contributed by atoms with Gasteiger partial charge in [0, 0.05) is 3.57 Å². The molecule has 0 aliphatic heterocycles. The van der Waals surface area contributed by atoms with Gasteiger partial charge in [-0.25, -0.2) is 4.39 Å². The van der Waals surface area contributed by atoms with Gasteiger partial charge in [-0.3, -0.25) is 4.79 Å². The van der Waals surface area contributed by atoms with Crippen LogP contribution < -0.4 is 5.32 Å². The van der Waals surface area contributed by atoms with Crippen LogP contribution in [0.5, 0.6) is 0 Å². The molecule has 2 nitrogen and oxygen atoms in total. The lowest BCUT2D eigenvalue weighted by Gasteiger charge is -2.04. The number of benzene rings is 1. The van der Waals surface area contributed by atoms with E-state index in [4.69, 9.17) is 11.6 Å². The first-order valence-electron chi connectivity index (χ1n) is 3.44. The highest BCUT2D eigenvalue weighted by Gasteiger charge is 2.04. The molecule has 0 aliphatic carbocycles.